The number of ether oxygens (including phenoxy) is 1. The summed E-state index contributed by atoms with van der Waals surface area (Å²) >= 11 is 0. The third-order valence-corrected chi connectivity index (χ3v) is 3.26. The second-order valence-corrected chi connectivity index (χ2v) is 4.34. The first kappa shape index (κ1) is 13.5. The zero-order valence-electron chi connectivity index (χ0n) is 10.5. The molecule has 0 aromatic carbocycles. The highest BCUT2D eigenvalue weighted by molar-refractivity contribution is 5.69. The minimum Gasteiger partial charge on any atom is -0.469 e. The minimum atomic E-state index is -0.128. The summed E-state index contributed by atoms with van der Waals surface area (Å²) in [5.74, 6) is -0.128. The summed E-state index contributed by atoms with van der Waals surface area (Å²) in [5.41, 5.74) is 0. The van der Waals surface area contributed by atoms with Gasteiger partial charge < -0.3 is 15.0 Å². The van der Waals surface area contributed by atoms with Gasteiger partial charge in [-0.1, -0.05) is 6.92 Å². The molecule has 16 heavy (non-hydrogen) atoms. The summed E-state index contributed by atoms with van der Waals surface area (Å²) in [4.78, 5) is 13.4. The van der Waals surface area contributed by atoms with Gasteiger partial charge in [-0.2, -0.15) is 0 Å². The van der Waals surface area contributed by atoms with E-state index in [0.29, 0.717) is 12.5 Å². The molecule has 0 amide bonds. The van der Waals surface area contributed by atoms with Crippen LogP contribution in [-0.2, 0) is 9.53 Å². The highest BCUT2D eigenvalue weighted by Crippen LogP contribution is 2.10. The van der Waals surface area contributed by atoms with Crippen LogP contribution in [-0.4, -0.2) is 50.2 Å². The van der Waals surface area contributed by atoms with Gasteiger partial charge in [-0.25, -0.2) is 0 Å². The highest BCUT2D eigenvalue weighted by atomic mass is 16.5. The van der Waals surface area contributed by atoms with Crippen LogP contribution in [0.2, 0.25) is 0 Å². The van der Waals surface area contributed by atoms with Gasteiger partial charge in [0.2, 0.25) is 0 Å². The average Bonchev–Trinajstić information content (AvgIpc) is 2.54. The highest BCUT2D eigenvalue weighted by Gasteiger charge is 2.15. The maximum atomic E-state index is 10.9. The summed E-state index contributed by atoms with van der Waals surface area (Å²) in [7, 11) is 1.44. The van der Waals surface area contributed by atoms with Crippen molar-refractivity contribution >= 4 is 5.97 Å². The van der Waals surface area contributed by atoms with Crippen LogP contribution in [0.1, 0.15) is 32.6 Å². The fourth-order valence-electron chi connectivity index (χ4n) is 2.16. The second-order valence-electron chi connectivity index (χ2n) is 4.34. The van der Waals surface area contributed by atoms with Crippen LogP contribution in [0.5, 0.6) is 0 Å². The van der Waals surface area contributed by atoms with Crippen LogP contribution in [0.3, 0.4) is 0 Å². The van der Waals surface area contributed by atoms with Gasteiger partial charge in [0.05, 0.1) is 13.5 Å². The summed E-state index contributed by atoms with van der Waals surface area (Å²) in [6, 6.07) is 0.571. The van der Waals surface area contributed by atoms with Crippen molar-refractivity contribution in [2.75, 3.05) is 33.3 Å². The summed E-state index contributed by atoms with van der Waals surface area (Å²) in [6.07, 6.45) is 4.14. The van der Waals surface area contributed by atoms with E-state index in [4.69, 9.17) is 0 Å². The number of likely N-dealkylation sites (tertiary alicyclic amines) is 1. The largest absolute Gasteiger partial charge is 0.469 e. The predicted octanol–water partition coefficient (Wildman–Crippen LogP) is 1.01. The van der Waals surface area contributed by atoms with Gasteiger partial charge in [0.15, 0.2) is 0 Å². The molecule has 0 radical (unpaired) electrons. The lowest BCUT2D eigenvalue weighted by molar-refractivity contribution is -0.140. The molecule has 1 rings (SSSR count). The van der Waals surface area contributed by atoms with Crippen molar-refractivity contribution in [2.45, 2.75) is 38.6 Å². The smallest absolute Gasteiger partial charge is 0.306 e. The van der Waals surface area contributed by atoms with E-state index in [0.717, 1.165) is 13.1 Å². The molecule has 1 aliphatic heterocycles. The molecule has 0 saturated carbocycles. The van der Waals surface area contributed by atoms with Gasteiger partial charge in [-0.05, 0) is 38.9 Å². The third-order valence-electron chi connectivity index (χ3n) is 3.26. The first-order valence-corrected chi connectivity index (χ1v) is 6.28. The molecular formula is C12H24N2O2. The molecular weight excluding hydrogens is 204 g/mol. The van der Waals surface area contributed by atoms with Crippen molar-refractivity contribution in [1.29, 1.82) is 0 Å². The Morgan fingerprint density at radius 1 is 1.44 bits per heavy atom. The van der Waals surface area contributed by atoms with E-state index in [1.165, 1.54) is 39.5 Å². The first-order valence-electron chi connectivity index (χ1n) is 6.28. The lowest BCUT2D eigenvalue weighted by Crippen LogP contribution is -2.32. The monoisotopic (exact) mass is 228 g/mol. The molecule has 94 valence electrons. The summed E-state index contributed by atoms with van der Waals surface area (Å²) in [6.45, 7) is 6.49. The van der Waals surface area contributed by atoms with E-state index in [2.05, 4.69) is 21.9 Å². The average molecular weight is 228 g/mol. The fraction of sp³-hybridized carbons (Fsp3) is 0.917. The molecule has 0 spiro atoms. The van der Waals surface area contributed by atoms with E-state index >= 15 is 0 Å². The van der Waals surface area contributed by atoms with Crippen molar-refractivity contribution in [3.05, 3.63) is 0 Å². The predicted molar refractivity (Wildman–Crippen MR) is 64.4 cm³/mol. The summed E-state index contributed by atoms with van der Waals surface area (Å²) in [5, 5.41) is 3.44. The van der Waals surface area contributed by atoms with Crippen LogP contribution < -0.4 is 5.32 Å². The Bertz CT molecular complexity index is 209. The molecule has 1 unspecified atom stereocenters. The fourth-order valence-corrected chi connectivity index (χ4v) is 2.16. The number of carbonyl (C=O) groups excluding carboxylic acids is 1. The number of nitrogens with zero attached hydrogens (tertiary/aromatic N) is 1. The van der Waals surface area contributed by atoms with Crippen molar-refractivity contribution in [3.8, 4) is 0 Å². The van der Waals surface area contributed by atoms with Gasteiger partial charge in [0.1, 0.15) is 0 Å². The molecule has 0 aromatic heterocycles. The standard InChI is InChI=1S/C12H24N2O2/c1-3-14-9-4-5-11(7-10-14)13-8-6-12(15)16-2/h11,13H,3-10H2,1-2H3. The van der Waals surface area contributed by atoms with Gasteiger partial charge >= 0.3 is 5.97 Å². The van der Waals surface area contributed by atoms with Crippen LogP contribution in [0, 0.1) is 0 Å². The van der Waals surface area contributed by atoms with Gasteiger partial charge in [0.25, 0.3) is 0 Å². The Morgan fingerprint density at radius 2 is 2.25 bits per heavy atom. The molecule has 1 aliphatic rings. The molecule has 0 aromatic rings. The van der Waals surface area contributed by atoms with E-state index in [1.807, 2.05) is 0 Å². The van der Waals surface area contributed by atoms with E-state index < -0.39 is 0 Å². The lowest BCUT2D eigenvalue weighted by atomic mass is 10.1. The zero-order chi connectivity index (χ0) is 11.8. The molecule has 1 saturated heterocycles. The molecule has 0 bridgehead atoms. The number of methoxy groups -OCH3 is 1. The van der Waals surface area contributed by atoms with E-state index in [9.17, 15) is 4.79 Å². The Kier molecular flexibility index (Phi) is 6.42. The Balaban J connectivity index is 2.15. The molecule has 1 heterocycles. The van der Waals surface area contributed by atoms with Gasteiger partial charge in [0, 0.05) is 12.6 Å². The molecule has 1 fully saturated rings. The summed E-state index contributed by atoms with van der Waals surface area (Å²) < 4.78 is 4.61. The molecule has 0 aliphatic carbocycles. The lowest BCUT2D eigenvalue weighted by Gasteiger charge is -2.18. The zero-order valence-corrected chi connectivity index (χ0v) is 10.5. The SMILES string of the molecule is CCN1CCCC(NCCC(=O)OC)CC1. The number of hydrogen-bond donors (Lipinski definition) is 1. The van der Waals surface area contributed by atoms with Crippen LogP contribution in [0.4, 0.5) is 0 Å². The number of hydrogen-bond acceptors (Lipinski definition) is 4. The number of carbonyl (C=O) groups is 1. The van der Waals surface area contributed by atoms with Crippen molar-refractivity contribution < 1.29 is 9.53 Å². The normalized spacial score (nSPS) is 22.8. The Hall–Kier alpha value is -0.610. The first-order chi connectivity index (χ1) is 7.76. The van der Waals surface area contributed by atoms with Crippen molar-refractivity contribution in [2.24, 2.45) is 0 Å². The second kappa shape index (κ2) is 7.63. The Morgan fingerprint density at radius 3 is 2.94 bits per heavy atom. The Labute approximate surface area is 98.3 Å². The van der Waals surface area contributed by atoms with E-state index in [1.54, 1.807) is 0 Å². The maximum absolute atomic E-state index is 10.9. The van der Waals surface area contributed by atoms with Crippen molar-refractivity contribution in [3.63, 3.8) is 0 Å². The van der Waals surface area contributed by atoms with Crippen LogP contribution >= 0.6 is 0 Å². The minimum absolute atomic E-state index is 0.128. The van der Waals surface area contributed by atoms with Crippen LogP contribution in [0.25, 0.3) is 0 Å². The third kappa shape index (κ3) is 4.94. The molecule has 4 nitrogen and oxygen atoms in total. The van der Waals surface area contributed by atoms with Crippen molar-refractivity contribution in [1.82, 2.24) is 10.2 Å². The number of rotatable bonds is 5. The quantitative estimate of drug-likeness (QED) is 0.713. The molecule has 1 N–H and O–H groups in total. The number of nitrogens with one attached hydrogen (secondary N) is 1. The maximum Gasteiger partial charge on any atom is 0.306 e. The van der Waals surface area contributed by atoms with Gasteiger partial charge in [-0.3, -0.25) is 4.79 Å². The number of esters is 1. The van der Waals surface area contributed by atoms with E-state index in [-0.39, 0.29) is 5.97 Å². The van der Waals surface area contributed by atoms with Crippen LogP contribution in [0.15, 0.2) is 0 Å². The molecule has 4 heteroatoms. The topological polar surface area (TPSA) is 41.6 Å². The molecule has 1 atom stereocenters. The van der Waals surface area contributed by atoms with Gasteiger partial charge in [-0.15, -0.1) is 0 Å².